The minimum Gasteiger partial charge on any atom is -0.508 e. The zero-order chi connectivity index (χ0) is 11.0. The van der Waals surface area contributed by atoms with Crippen LogP contribution in [0.5, 0.6) is 5.75 Å². The molecule has 3 nitrogen and oxygen atoms in total. The van der Waals surface area contributed by atoms with Gasteiger partial charge in [-0.25, -0.2) is 0 Å². The number of carboxylic acid groups (broad SMARTS) is 1. The summed E-state index contributed by atoms with van der Waals surface area (Å²) in [7, 11) is 0. The number of aliphatic carboxylic acids is 1. The highest BCUT2D eigenvalue weighted by Crippen LogP contribution is 2.38. The highest BCUT2D eigenvalue weighted by Gasteiger charge is 2.25. The first kappa shape index (κ1) is 10.0. The molecule has 1 aliphatic carbocycles. The zero-order valence-electron chi connectivity index (χ0n) is 8.66. The van der Waals surface area contributed by atoms with Gasteiger partial charge in [-0.05, 0) is 48.4 Å². The number of phenolic OH excluding ortho intramolecular Hbond substituents is 1. The average molecular weight is 206 g/mol. The highest BCUT2D eigenvalue weighted by molar-refractivity contribution is 5.68. The molecule has 0 amide bonds. The number of hydrogen-bond acceptors (Lipinski definition) is 2. The van der Waals surface area contributed by atoms with Gasteiger partial charge in [0.25, 0.3) is 0 Å². The van der Waals surface area contributed by atoms with E-state index in [2.05, 4.69) is 0 Å². The van der Waals surface area contributed by atoms with Crippen molar-refractivity contribution in [2.45, 2.75) is 32.1 Å². The van der Waals surface area contributed by atoms with Crippen molar-refractivity contribution < 1.29 is 15.0 Å². The van der Waals surface area contributed by atoms with E-state index in [9.17, 15) is 9.90 Å². The van der Waals surface area contributed by atoms with Crippen molar-refractivity contribution in [2.24, 2.45) is 0 Å². The lowest BCUT2D eigenvalue weighted by Gasteiger charge is -2.10. The normalized spacial score (nSPS) is 18.9. The maximum Gasteiger partial charge on any atom is 0.303 e. The van der Waals surface area contributed by atoms with Crippen LogP contribution in [-0.2, 0) is 11.2 Å². The molecule has 80 valence electrons. The lowest BCUT2D eigenvalue weighted by molar-refractivity contribution is -0.137. The largest absolute Gasteiger partial charge is 0.508 e. The van der Waals surface area contributed by atoms with Gasteiger partial charge in [-0.2, -0.15) is 0 Å². The average Bonchev–Trinajstić information content (AvgIpc) is 2.49. The second kappa shape index (κ2) is 3.57. The van der Waals surface area contributed by atoms with Crippen molar-refractivity contribution in [3.8, 4) is 5.75 Å². The molecule has 0 heterocycles. The smallest absolute Gasteiger partial charge is 0.303 e. The summed E-state index contributed by atoms with van der Waals surface area (Å²) >= 11 is 0. The Morgan fingerprint density at radius 1 is 1.53 bits per heavy atom. The summed E-state index contributed by atoms with van der Waals surface area (Å²) < 4.78 is 0. The fourth-order valence-corrected chi connectivity index (χ4v) is 2.27. The van der Waals surface area contributed by atoms with Crippen LogP contribution >= 0.6 is 0 Å². The van der Waals surface area contributed by atoms with Gasteiger partial charge < -0.3 is 10.2 Å². The predicted octanol–water partition coefficient (Wildman–Crippen LogP) is 2.21. The molecule has 0 saturated carbocycles. The molecule has 2 rings (SSSR count). The van der Waals surface area contributed by atoms with E-state index in [0.717, 1.165) is 29.5 Å². The number of carboxylic acids is 1. The number of phenols is 1. The summed E-state index contributed by atoms with van der Waals surface area (Å²) in [6, 6.07) is 3.69. The second-order valence-electron chi connectivity index (χ2n) is 4.17. The van der Waals surface area contributed by atoms with E-state index >= 15 is 0 Å². The molecule has 1 aromatic rings. The number of aryl methyl sites for hydroxylation is 2. The van der Waals surface area contributed by atoms with Crippen LogP contribution in [0.4, 0.5) is 0 Å². The van der Waals surface area contributed by atoms with Gasteiger partial charge in [0.05, 0.1) is 6.42 Å². The van der Waals surface area contributed by atoms with Crippen molar-refractivity contribution in [2.75, 3.05) is 0 Å². The zero-order valence-corrected chi connectivity index (χ0v) is 8.66. The van der Waals surface area contributed by atoms with Crippen LogP contribution in [0.2, 0.25) is 0 Å². The third-order valence-electron chi connectivity index (χ3n) is 3.08. The highest BCUT2D eigenvalue weighted by atomic mass is 16.4. The summed E-state index contributed by atoms with van der Waals surface area (Å²) in [4.78, 5) is 10.7. The van der Waals surface area contributed by atoms with Crippen LogP contribution in [0.3, 0.4) is 0 Å². The number of rotatable bonds is 2. The maximum absolute atomic E-state index is 10.7. The van der Waals surface area contributed by atoms with E-state index in [4.69, 9.17) is 5.11 Å². The Hall–Kier alpha value is -1.51. The molecule has 1 unspecified atom stereocenters. The molecule has 1 atom stereocenters. The Morgan fingerprint density at radius 2 is 2.27 bits per heavy atom. The molecule has 0 saturated heterocycles. The number of benzene rings is 1. The summed E-state index contributed by atoms with van der Waals surface area (Å²) in [6.07, 6.45) is 1.95. The summed E-state index contributed by atoms with van der Waals surface area (Å²) in [6.45, 7) is 1.84. The third-order valence-corrected chi connectivity index (χ3v) is 3.08. The number of aromatic hydroxyl groups is 1. The van der Waals surface area contributed by atoms with Gasteiger partial charge in [-0.3, -0.25) is 4.79 Å². The van der Waals surface area contributed by atoms with Crippen LogP contribution in [0.1, 0.15) is 35.4 Å². The van der Waals surface area contributed by atoms with Crippen LogP contribution < -0.4 is 0 Å². The number of carbonyl (C=O) groups is 1. The molecule has 2 N–H and O–H groups in total. The first-order chi connectivity index (χ1) is 7.08. The van der Waals surface area contributed by atoms with Gasteiger partial charge in [0, 0.05) is 0 Å². The van der Waals surface area contributed by atoms with Gasteiger partial charge in [-0.15, -0.1) is 0 Å². The van der Waals surface area contributed by atoms with E-state index < -0.39 is 5.97 Å². The van der Waals surface area contributed by atoms with Crippen molar-refractivity contribution in [3.63, 3.8) is 0 Å². The molecule has 3 heteroatoms. The van der Waals surface area contributed by atoms with E-state index in [-0.39, 0.29) is 12.3 Å². The molecular weight excluding hydrogens is 192 g/mol. The molecule has 0 spiro atoms. The van der Waals surface area contributed by atoms with Crippen molar-refractivity contribution in [1.29, 1.82) is 0 Å². The van der Waals surface area contributed by atoms with Crippen LogP contribution in [-0.4, -0.2) is 16.2 Å². The first-order valence-corrected chi connectivity index (χ1v) is 5.12. The summed E-state index contributed by atoms with van der Waals surface area (Å²) in [5, 5.41) is 18.3. The quantitative estimate of drug-likeness (QED) is 0.779. The Balaban J connectivity index is 2.34. The lowest BCUT2D eigenvalue weighted by Crippen LogP contribution is -2.03. The van der Waals surface area contributed by atoms with Crippen molar-refractivity contribution in [1.82, 2.24) is 0 Å². The van der Waals surface area contributed by atoms with Gasteiger partial charge >= 0.3 is 5.97 Å². The van der Waals surface area contributed by atoms with Gasteiger partial charge in [0.15, 0.2) is 0 Å². The third kappa shape index (κ3) is 1.82. The lowest BCUT2D eigenvalue weighted by atomic mass is 9.96. The Morgan fingerprint density at radius 3 is 2.93 bits per heavy atom. The molecule has 0 aliphatic heterocycles. The minimum atomic E-state index is -0.751. The SMILES string of the molecule is Cc1cc2c(cc1O)CCC2CC(=O)O. The number of hydrogen-bond donors (Lipinski definition) is 2. The molecule has 0 bridgehead atoms. The van der Waals surface area contributed by atoms with E-state index in [1.54, 1.807) is 6.07 Å². The van der Waals surface area contributed by atoms with Crippen molar-refractivity contribution >= 4 is 5.97 Å². The Labute approximate surface area is 88.4 Å². The van der Waals surface area contributed by atoms with Crippen LogP contribution in [0.25, 0.3) is 0 Å². The molecular formula is C12H14O3. The standard InChI is InChI=1S/C12H14O3/c1-7-4-10-8(5-11(7)13)2-3-9(10)6-12(14)15/h4-5,9,13H,2-3,6H2,1H3,(H,14,15). The van der Waals surface area contributed by atoms with Crippen LogP contribution in [0.15, 0.2) is 12.1 Å². The first-order valence-electron chi connectivity index (χ1n) is 5.12. The second-order valence-corrected chi connectivity index (χ2v) is 4.17. The fraction of sp³-hybridized carbons (Fsp3) is 0.417. The Kier molecular flexibility index (Phi) is 2.39. The van der Waals surface area contributed by atoms with Gasteiger partial charge in [-0.1, -0.05) is 6.07 Å². The molecule has 0 radical (unpaired) electrons. The topological polar surface area (TPSA) is 57.5 Å². The fourth-order valence-electron chi connectivity index (χ4n) is 2.27. The number of fused-ring (bicyclic) bond motifs is 1. The molecule has 0 fully saturated rings. The van der Waals surface area contributed by atoms with E-state index in [1.165, 1.54) is 0 Å². The maximum atomic E-state index is 10.7. The summed E-state index contributed by atoms with van der Waals surface area (Å²) in [5.41, 5.74) is 3.03. The molecule has 15 heavy (non-hydrogen) atoms. The van der Waals surface area contributed by atoms with E-state index in [0.29, 0.717) is 5.75 Å². The Bertz CT molecular complexity index is 410. The molecule has 1 aliphatic rings. The molecule has 1 aromatic carbocycles. The van der Waals surface area contributed by atoms with Gasteiger partial charge in [0.1, 0.15) is 5.75 Å². The monoisotopic (exact) mass is 206 g/mol. The van der Waals surface area contributed by atoms with Crippen molar-refractivity contribution in [3.05, 3.63) is 28.8 Å². The van der Waals surface area contributed by atoms with E-state index in [1.807, 2.05) is 13.0 Å². The summed E-state index contributed by atoms with van der Waals surface area (Å²) in [5.74, 6) is -0.319. The van der Waals surface area contributed by atoms with Crippen LogP contribution in [0, 0.1) is 6.92 Å². The molecule has 0 aromatic heterocycles. The van der Waals surface area contributed by atoms with Gasteiger partial charge in [0.2, 0.25) is 0 Å². The minimum absolute atomic E-state index is 0.122. The predicted molar refractivity (Wildman–Crippen MR) is 56.2 cm³/mol.